The number of aromatic nitrogens is 1. The maximum Gasteiger partial charge on any atom is 0.419 e. The minimum absolute atomic E-state index is 0.0298. The summed E-state index contributed by atoms with van der Waals surface area (Å²) in [4.78, 5) is 26.8. The Labute approximate surface area is 196 Å². The fraction of sp³-hybridized carbons (Fsp3) is 0.360. The zero-order chi connectivity index (χ0) is 23.9. The Morgan fingerprint density at radius 3 is 2.42 bits per heavy atom. The van der Waals surface area contributed by atoms with Gasteiger partial charge in [-0.2, -0.15) is 0 Å². The Balaban J connectivity index is 1.57. The van der Waals surface area contributed by atoms with Crippen molar-refractivity contribution in [2.45, 2.75) is 45.8 Å². The van der Waals surface area contributed by atoms with Crippen LogP contribution in [0.4, 0.5) is 14.9 Å². The van der Waals surface area contributed by atoms with Crippen LogP contribution < -0.4 is 9.64 Å². The second kappa shape index (κ2) is 8.71. The van der Waals surface area contributed by atoms with Crippen molar-refractivity contribution < 1.29 is 23.5 Å². The van der Waals surface area contributed by atoms with E-state index in [2.05, 4.69) is 0 Å². The molecule has 6 nitrogen and oxygen atoms in total. The number of carbonyl (C=O) groups excluding carboxylic acids is 2. The summed E-state index contributed by atoms with van der Waals surface area (Å²) in [5.41, 5.74) is 0.973. The summed E-state index contributed by atoms with van der Waals surface area (Å²) in [6.07, 6.45) is 1.29. The molecule has 1 aliphatic carbocycles. The molecule has 8 heteroatoms. The van der Waals surface area contributed by atoms with Gasteiger partial charge in [-0.05, 0) is 76.1 Å². The molecule has 1 amide bonds. The van der Waals surface area contributed by atoms with Gasteiger partial charge in [0.1, 0.15) is 23.8 Å². The number of rotatable bonds is 5. The smallest absolute Gasteiger partial charge is 0.419 e. The van der Waals surface area contributed by atoms with Gasteiger partial charge < -0.3 is 14.4 Å². The van der Waals surface area contributed by atoms with E-state index in [1.165, 1.54) is 16.7 Å². The SMILES string of the molecule is CN(C(=O)C1CC1)c1ccc(OCc2cc3c(Cl)c(F)ccc3n2C(=O)OC(C)(C)C)cc1. The number of amides is 1. The summed E-state index contributed by atoms with van der Waals surface area (Å²) in [6.45, 7) is 5.34. The molecule has 0 spiro atoms. The van der Waals surface area contributed by atoms with E-state index in [-0.39, 0.29) is 23.5 Å². The number of ether oxygens (including phenoxy) is 2. The third kappa shape index (κ3) is 4.98. The van der Waals surface area contributed by atoms with E-state index in [1.54, 1.807) is 50.9 Å². The number of anilines is 1. The van der Waals surface area contributed by atoms with Crippen LogP contribution in [0.25, 0.3) is 10.9 Å². The fourth-order valence-corrected chi connectivity index (χ4v) is 3.77. The summed E-state index contributed by atoms with van der Waals surface area (Å²) in [6, 6.07) is 11.5. The molecule has 0 N–H and O–H groups in total. The van der Waals surface area contributed by atoms with E-state index >= 15 is 0 Å². The normalized spacial score (nSPS) is 13.8. The summed E-state index contributed by atoms with van der Waals surface area (Å²) in [7, 11) is 1.76. The van der Waals surface area contributed by atoms with Crippen molar-refractivity contribution in [1.29, 1.82) is 0 Å². The van der Waals surface area contributed by atoms with Gasteiger partial charge in [0.05, 0.1) is 16.2 Å². The quantitative estimate of drug-likeness (QED) is 0.445. The molecule has 1 aliphatic rings. The topological polar surface area (TPSA) is 60.8 Å². The third-order valence-electron chi connectivity index (χ3n) is 5.39. The molecule has 0 bridgehead atoms. The van der Waals surface area contributed by atoms with Gasteiger partial charge in [-0.15, -0.1) is 0 Å². The van der Waals surface area contributed by atoms with Crippen LogP contribution in [0, 0.1) is 11.7 Å². The highest BCUT2D eigenvalue weighted by atomic mass is 35.5. The van der Waals surface area contributed by atoms with Gasteiger partial charge in [0, 0.05) is 24.0 Å². The van der Waals surface area contributed by atoms with Gasteiger partial charge in [-0.25, -0.2) is 13.8 Å². The zero-order valence-corrected chi connectivity index (χ0v) is 19.8. The Bertz CT molecular complexity index is 1210. The Hall–Kier alpha value is -3.06. The van der Waals surface area contributed by atoms with Crippen molar-refractivity contribution >= 4 is 40.2 Å². The van der Waals surface area contributed by atoms with E-state index < -0.39 is 17.5 Å². The molecule has 1 aromatic heterocycles. The fourth-order valence-electron chi connectivity index (χ4n) is 3.56. The minimum Gasteiger partial charge on any atom is -0.487 e. The molecule has 174 valence electrons. The Kier molecular flexibility index (Phi) is 6.10. The molecule has 1 fully saturated rings. The second-order valence-electron chi connectivity index (χ2n) is 9.20. The maximum absolute atomic E-state index is 14.0. The van der Waals surface area contributed by atoms with Crippen LogP contribution in [-0.2, 0) is 16.1 Å². The summed E-state index contributed by atoms with van der Waals surface area (Å²) in [5.74, 6) is 0.245. The van der Waals surface area contributed by atoms with Gasteiger partial charge in [-0.3, -0.25) is 4.79 Å². The van der Waals surface area contributed by atoms with Gasteiger partial charge in [0.15, 0.2) is 0 Å². The number of nitrogens with zero attached hydrogens (tertiary/aromatic N) is 2. The Morgan fingerprint density at radius 1 is 1.15 bits per heavy atom. The molecule has 0 atom stereocenters. The average molecular weight is 473 g/mol. The Morgan fingerprint density at radius 2 is 1.82 bits per heavy atom. The molecule has 2 aromatic carbocycles. The maximum atomic E-state index is 14.0. The van der Waals surface area contributed by atoms with Crippen LogP contribution >= 0.6 is 11.6 Å². The van der Waals surface area contributed by atoms with Crippen molar-refractivity contribution in [2.75, 3.05) is 11.9 Å². The number of benzene rings is 2. The molecule has 4 rings (SSSR count). The second-order valence-corrected chi connectivity index (χ2v) is 9.58. The van der Waals surface area contributed by atoms with Crippen LogP contribution in [0.15, 0.2) is 42.5 Å². The first-order valence-corrected chi connectivity index (χ1v) is 11.1. The first-order chi connectivity index (χ1) is 15.5. The van der Waals surface area contributed by atoms with Crippen LogP contribution in [0.3, 0.4) is 0 Å². The highest BCUT2D eigenvalue weighted by Crippen LogP contribution is 2.33. The van der Waals surface area contributed by atoms with Crippen LogP contribution in [0.5, 0.6) is 5.75 Å². The van der Waals surface area contributed by atoms with Crippen molar-refractivity contribution in [3.63, 3.8) is 0 Å². The lowest BCUT2D eigenvalue weighted by atomic mass is 10.2. The van der Waals surface area contributed by atoms with E-state index in [1.807, 2.05) is 12.1 Å². The lowest BCUT2D eigenvalue weighted by molar-refractivity contribution is -0.119. The number of hydrogen-bond donors (Lipinski definition) is 0. The predicted octanol–water partition coefficient (Wildman–Crippen LogP) is 6.17. The van der Waals surface area contributed by atoms with Crippen molar-refractivity contribution in [3.05, 3.63) is 59.0 Å². The first kappa shape index (κ1) is 23.1. The molecule has 33 heavy (non-hydrogen) atoms. The summed E-state index contributed by atoms with van der Waals surface area (Å²) >= 11 is 6.15. The molecular formula is C25H26ClFN2O4. The van der Waals surface area contributed by atoms with Crippen LogP contribution in [0.2, 0.25) is 5.02 Å². The van der Waals surface area contributed by atoms with Crippen LogP contribution in [-0.4, -0.2) is 29.2 Å². The highest BCUT2D eigenvalue weighted by molar-refractivity contribution is 6.35. The summed E-state index contributed by atoms with van der Waals surface area (Å²) in [5, 5.41) is 0.334. The standard InChI is InChI=1S/C25H26ClFN2O4/c1-25(2,3)33-24(31)29-17(13-19-21(29)12-11-20(27)22(19)26)14-32-18-9-7-16(8-10-18)28(4)23(30)15-5-6-15/h7-13,15H,5-6,14H2,1-4H3. The molecule has 3 aromatic rings. The largest absolute Gasteiger partial charge is 0.487 e. The molecule has 1 heterocycles. The van der Waals surface area contributed by atoms with Gasteiger partial charge in [0.25, 0.3) is 0 Å². The molecular weight excluding hydrogens is 447 g/mol. The van der Waals surface area contributed by atoms with Crippen molar-refractivity contribution in [1.82, 2.24) is 4.57 Å². The van der Waals surface area contributed by atoms with E-state index in [4.69, 9.17) is 21.1 Å². The molecule has 0 unspecified atom stereocenters. The van der Waals surface area contributed by atoms with Crippen molar-refractivity contribution in [3.8, 4) is 5.75 Å². The average Bonchev–Trinajstić information content (AvgIpc) is 3.53. The number of halogens is 2. The molecule has 0 aliphatic heterocycles. The first-order valence-electron chi connectivity index (χ1n) is 10.8. The minimum atomic E-state index is -0.713. The lowest BCUT2D eigenvalue weighted by Crippen LogP contribution is -2.28. The molecule has 0 radical (unpaired) electrons. The predicted molar refractivity (Wildman–Crippen MR) is 125 cm³/mol. The number of carbonyl (C=O) groups is 2. The lowest BCUT2D eigenvalue weighted by Gasteiger charge is -2.21. The highest BCUT2D eigenvalue weighted by Gasteiger charge is 2.32. The van der Waals surface area contributed by atoms with Gasteiger partial charge in [-0.1, -0.05) is 11.6 Å². The monoisotopic (exact) mass is 472 g/mol. The van der Waals surface area contributed by atoms with Gasteiger partial charge >= 0.3 is 6.09 Å². The van der Waals surface area contributed by atoms with E-state index in [0.717, 1.165) is 18.5 Å². The van der Waals surface area contributed by atoms with Gasteiger partial charge in [0.2, 0.25) is 5.91 Å². The number of fused-ring (bicyclic) bond motifs is 1. The zero-order valence-electron chi connectivity index (χ0n) is 19.0. The van der Waals surface area contributed by atoms with Crippen LogP contribution in [0.1, 0.15) is 39.3 Å². The third-order valence-corrected chi connectivity index (χ3v) is 5.78. The summed E-state index contributed by atoms with van der Waals surface area (Å²) < 4.78 is 26.8. The molecule has 0 saturated heterocycles. The molecule has 1 saturated carbocycles. The van der Waals surface area contributed by atoms with E-state index in [9.17, 15) is 14.0 Å². The van der Waals surface area contributed by atoms with E-state index in [0.29, 0.717) is 22.3 Å². The number of hydrogen-bond acceptors (Lipinski definition) is 4. The van der Waals surface area contributed by atoms with Crippen molar-refractivity contribution in [2.24, 2.45) is 5.92 Å².